The Morgan fingerprint density at radius 2 is 2.10 bits per heavy atom. The van der Waals surface area contributed by atoms with E-state index in [-0.39, 0.29) is 17.8 Å². The number of rotatable bonds is 7. The molecule has 2 atom stereocenters. The molecular weight excluding hydrogens is 464 g/mol. The molecule has 0 amide bonds. The van der Waals surface area contributed by atoms with Gasteiger partial charge in [0, 0.05) is 36.5 Å². The number of carbonyl (C=O) groups excluding carboxylic acids is 1. The minimum Gasteiger partial charge on any atom is -0.497 e. The fourth-order valence-electron chi connectivity index (χ4n) is 4.21. The standard InChI is InChI=1S/C22H25BrN4O4/c1-29-16-7-6-15(17(11-16)30-2)12-25-20-18-19(23)26-21(27(18)9-8-24-20)13-4-5-14(10-13)22(28)31-3/h6-9,11,13-14H,4-5,10,12H2,1-3H3,(H,24,25)/t13-,14-/m0/s1. The summed E-state index contributed by atoms with van der Waals surface area (Å²) in [6.07, 6.45) is 6.13. The summed E-state index contributed by atoms with van der Waals surface area (Å²) in [6.45, 7) is 0.528. The van der Waals surface area contributed by atoms with Gasteiger partial charge in [-0.15, -0.1) is 0 Å². The van der Waals surface area contributed by atoms with E-state index in [9.17, 15) is 4.79 Å². The summed E-state index contributed by atoms with van der Waals surface area (Å²) in [4.78, 5) is 21.2. The maximum atomic E-state index is 11.9. The minimum absolute atomic E-state index is 0.0666. The van der Waals surface area contributed by atoms with Crippen LogP contribution in [0.15, 0.2) is 35.2 Å². The van der Waals surface area contributed by atoms with E-state index in [2.05, 4.69) is 30.6 Å². The van der Waals surface area contributed by atoms with Gasteiger partial charge >= 0.3 is 5.97 Å². The zero-order valence-corrected chi connectivity index (χ0v) is 19.3. The molecule has 1 aromatic carbocycles. The summed E-state index contributed by atoms with van der Waals surface area (Å²) >= 11 is 3.60. The summed E-state index contributed by atoms with van der Waals surface area (Å²) in [7, 11) is 4.71. The smallest absolute Gasteiger partial charge is 0.308 e. The van der Waals surface area contributed by atoms with Gasteiger partial charge in [-0.05, 0) is 47.3 Å². The topological polar surface area (TPSA) is 87.0 Å². The number of anilines is 1. The summed E-state index contributed by atoms with van der Waals surface area (Å²) in [5.74, 6) is 3.12. The van der Waals surface area contributed by atoms with E-state index in [0.29, 0.717) is 12.4 Å². The molecule has 0 bridgehead atoms. The molecule has 2 heterocycles. The van der Waals surface area contributed by atoms with Crippen LogP contribution < -0.4 is 14.8 Å². The molecule has 0 aliphatic heterocycles. The van der Waals surface area contributed by atoms with Crippen LogP contribution >= 0.6 is 15.9 Å². The normalized spacial score (nSPS) is 18.2. The van der Waals surface area contributed by atoms with E-state index in [1.807, 2.05) is 24.4 Å². The number of benzene rings is 1. The molecule has 164 valence electrons. The molecule has 1 N–H and O–H groups in total. The third-order valence-electron chi connectivity index (χ3n) is 5.81. The highest BCUT2D eigenvalue weighted by Gasteiger charge is 2.34. The fourth-order valence-corrected chi connectivity index (χ4v) is 4.77. The lowest BCUT2D eigenvalue weighted by Crippen LogP contribution is -2.13. The molecule has 0 unspecified atom stereocenters. The molecule has 1 fully saturated rings. The number of fused-ring (bicyclic) bond motifs is 1. The van der Waals surface area contributed by atoms with Crippen LogP contribution in [0.2, 0.25) is 0 Å². The van der Waals surface area contributed by atoms with Gasteiger partial charge in [0.1, 0.15) is 27.4 Å². The highest BCUT2D eigenvalue weighted by Crippen LogP contribution is 2.40. The lowest BCUT2D eigenvalue weighted by molar-refractivity contribution is -0.145. The number of nitrogens with one attached hydrogen (secondary N) is 1. The number of esters is 1. The molecule has 0 spiro atoms. The number of imidazole rings is 1. The maximum Gasteiger partial charge on any atom is 0.308 e. The summed E-state index contributed by atoms with van der Waals surface area (Å²) < 4.78 is 18.5. The van der Waals surface area contributed by atoms with Crippen LogP contribution in [0.5, 0.6) is 11.5 Å². The van der Waals surface area contributed by atoms with Crippen LogP contribution in [-0.4, -0.2) is 41.7 Å². The Bertz CT molecular complexity index is 1100. The molecule has 1 saturated carbocycles. The molecule has 2 aromatic heterocycles. The second-order valence-corrected chi connectivity index (χ2v) is 8.27. The van der Waals surface area contributed by atoms with Gasteiger partial charge in [-0.1, -0.05) is 0 Å². The van der Waals surface area contributed by atoms with Gasteiger partial charge in [-0.3, -0.25) is 9.20 Å². The molecule has 8 nitrogen and oxygen atoms in total. The number of hydrogen-bond donors (Lipinski definition) is 1. The Hall–Kier alpha value is -2.81. The monoisotopic (exact) mass is 488 g/mol. The molecule has 0 radical (unpaired) electrons. The first kappa shape index (κ1) is 21.4. The molecule has 4 rings (SSSR count). The predicted molar refractivity (Wildman–Crippen MR) is 120 cm³/mol. The van der Waals surface area contributed by atoms with Crippen molar-refractivity contribution >= 4 is 33.2 Å². The number of aromatic nitrogens is 3. The second kappa shape index (κ2) is 9.13. The van der Waals surface area contributed by atoms with Crippen LogP contribution in [0, 0.1) is 5.92 Å². The third-order valence-corrected chi connectivity index (χ3v) is 6.37. The van der Waals surface area contributed by atoms with E-state index in [0.717, 1.165) is 52.3 Å². The number of hydrogen-bond acceptors (Lipinski definition) is 7. The number of methoxy groups -OCH3 is 3. The van der Waals surface area contributed by atoms with Crippen LogP contribution in [0.25, 0.3) is 5.52 Å². The summed E-state index contributed by atoms with van der Waals surface area (Å²) in [5, 5.41) is 3.40. The van der Waals surface area contributed by atoms with Gasteiger partial charge in [0.15, 0.2) is 5.82 Å². The van der Waals surface area contributed by atoms with Crippen molar-refractivity contribution in [3.63, 3.8) is 0 Å². The zero-order valence-electron chi connectivity index (χ0n) is 17.7. The highest BCUT2D eigenvalue weighted by atomic mass is 79.9. The molecule has 1 aliphatic carbocycles. The molecule has 9 heteroatoms. The average Bonchev–Trinajstić information content (AvgIpc) is 3.42. The first-order valence-electron chi connectivity index (χ1n) is 10.1. The molecular formula is C22H25BrN4O4. The highest BCUT2D eigenvalue weighted by molar-refractivity contribution is 9.10. The first-order valence-corrected chi connectivity index (χ1v) is 10.9. The Balaban J connectivity index is 1.59. The van der Waals surface area contributed by atoms with E-state index in [1.54, 1.807) is 20.4 Å². The van der Waals surface area contributed by atoms with Crippen LogP contribution in [0.4, 0.5) is 5.82 Å². The first-order chi connectivity index (χ1) is 15.0. The van der Waals surface area contributed by atoms with Crippen molar-refractivity contribution in [1.29, 1.82) is 0 Å². The Morgan fingerprint density at radius 3 is 2.84 bits per heavy atom. The lowest BCUT2D eigenvalue weighted by atomic mass is 10.0. The largest absolute Gasteiger partial charge is 0.497 e. The molecule has 0 saturated heterocycles. The van der Waals surface area contributed by atoms with Crippen LogP contribution in [0.1, 0.15) is 36.6 Å². The second-order valence-electron chi connectivity index (χ2n) is 7.52. The van der Waals surface area contributed by atoms with Gasteiger partial charge in [-0.2, -0.15) is 0 Å². The number of ether oxygens (including phenoxy) is 3. The average molecular weight is 489 g/mol. The van der Waals surface area contributed by atoms with Crippen molar-refractivity contribution in [2.24, 2.45) is 5.92 Å². The van der Waals surface area contributed by atoms with E-state index in [4.69, 9.17) is 19.2 Å². The van der Waals surface area contributed by atoms with Crippen molar-refractivity contribution in [1.82, 2.24) is 14.4 Å². The molecule has 3 aromatic rings. The van der Waals surface area contributed by atoms with Crippen molar-refractivity contribution in [3.8, 4) is 11.5 Å². The van der Waals surface area contributed by atoms with E-state index in [1.165, 1.54) is 7.11 Å². The van der Waals surface area contributed by atoms with Gasteiger partial charge in [-0.25, -0.2) is 9.97 Å². The van der Waals surface area contributed by atoms with E-state index >= 15 is 0 Å². The zero-order chi connectivity index (χ0) is 22.0. The quantitative estimate of drug-likeness (QED) is 0.499. The SMILES string of the molecule is COC(=O)[C@H]1CC[C@H](c2nc(Br)c3c(NCc4ccc(OC)cc4OC)nccn23)C1. The number of nitrogens with zero attached hydrogens (tertiary/aromatic N) is 3. The van der Waals surface area contributed by atoms with Gasteiger partial charge in [0.25, 0.3) is 0 Å². The maximum absolute atomic E-state index is 11.9. The van der Waals surface area contributed by atoms with Gasteiger partial charge < -0.3 is 19.5 Å². The minimum atomic E-state index is -0.139. The van der Waals surface area contributed by atoms with Crippen LogP contribution in [0.3, 0.4) is 0 Å². The van der Waals surface area contributed by atoms with Crippen molar-refractivity contribution < 1.29 is 19.0 Å². The van der Waals surface area contributed by atoms with Gasteiger partial charge in [0.05, 0.1) is 27.2 Å². The lowest BCUT2D eigenvalue weighted by Gasteiger charge is -2.13. The Morgan fingerprint density at radius 1 is 1.26 bits per heavy atom. The van der Waals surface area contributed by atoms with E-state index < -0.39 is 0 Å². The summed E-state index contributed by atoms with van der Waals surface area (Å²) in [5.41, 5.74) is 1.85. The molecule has 1 aliphatic rings. The van der Waals surface area contributed by atoms with Crippen molar-refractivity contribution in [2.75, 3.05) is 26.6 Å². The van der Waals surface area contributed by atoms with Crippen LogP contribution in [-0.2, 0) is 16.1 Å². The molecule has 31 heavy (non-hydrogen) atoms. The fraction of sp³-hybridized carbons (Fsp3) is 0.409. The Kier molecular flexibility index (Phi) is 6.31. The van der Waals surface area contributed by atoms with Gasteiger partial charge in [0.2, 0.25) is 0 Å². The van der Waals surface area contributed by atoms with Crippen molar-refractivity contribution in [3.05, 3.63) is 46.6 Å². The number of halogens is 1. The third kappa shape index (κ3) is 4.19. The summed E-state index contributed by atoms with van der Waals surface area (Å²) in [6, 6.07) is 5.72. The number of carbonyl (C=O) groups is 1. The predicted octanol–water partition coefficient (Wildman–Crippen LogP) is 4.18. The van der Waals surface area contributed by atoms with Crippen molar-refractivity contribution in [2.45, 2.75) is 31.7 Å². The Labute approximate surface area is 189 Å².